The molecule has 1 amide bonds. The van der Waals surface area contributed by atoms with Crippen LogP contribution in [0.5, 0.6) is 0 Å². The Morgan fingerprint density at radius 1 is 0.721 bits per heavy atom. The van der Waals surface area contributed by atoms with E-state index >= 15 is 0 Å². The van der Waals surface area contributed by atoms with Gasteiger partial charge in [-0.15, -0.1) is 0 Å². The van der Waals surface area contributed by atoms with Gasteiger partial charge in [0, 0.05) is 13.6 Å². The van der Waals surface area contributed by atoms with Crippen LogP contribution < -0.4 is 0 Å². The quantitative estimate of drug-likeness (QED) is 0.138. The van der Waals surface area contributed by atoms with E-state index in [4.69, 9.17) is 14.2 Å². The fourth-order valence-electron chi connectivity index (χ4n) is 5.19. The van der Waals surface area contributed by atoms with Crippen LogP contribution in [0.2, 0.25) is 0 Å². The Kier molecular flexibility index (Phi) is 12.4. The number of hydrogen-bond donors (Lipinski definition) is 0. The smallest absolute Gasteiger partial charge is 0.409 e. The van der Waals surface area contributed by atoms with E-state index in [0.29, 0.717) is 19.6 Å². The fraction of sp³-hybridized carbons (Fsp3) is 0.417. The van der Waals surface area contributed by atoms with Gasteiger partial charge in [0.25, 0.3) is 0 Å². The van der Waals surface area contributed by atoms with Crippen molar-refractivity contribution >= 4 is 18.0 Å². The lowest BCUT2D eigenvalue weighted by atomic mass is 9.75. The van der Waals surface area contributed by atoms with Crippen molar-refractivity contribution in [3.05, 3.63) is 107 Å². The number of hydrogen-bond acceptors (Lipinski definition) is 6. The summed E-state index contributed by atoms with van der Waals surface area (Å²) >= 11 is 0. The first-order chi connectivity index (χ1) is 20.5. The van der Waals surface area contributed by atoms with E-state index in [1.807, 2.05) is 91.9 Å². The second kappa shape index (κ2) is 15.9. The molecule has 0 N–H and O–H groups in total. The molecule has 0 heterocycles. The van der Waals surface area contributed by atoms with Gasteiger partial charge >= 0.3 is 18.0 Å². The molecule has 0 fully saturated rings. The van der Waals surface area contributed by atoms with Gasteiger partial charge in [-0.2, -0.15) is 0 Å². The molecule has 3 aromatic rings. The first-order valence-corrected chi connectivity index (χ1v) is 14.9. The summed E-state index contributed by atoms with van der Waals surface area (Å²) in [6.45, 7) is 9.13. The maximum Gasteiger partial charge on any atom is 0.409 e. The van der Waals surface area contributed by atoms with Crippen molar-refractivity contribution in [3.8, 4) is 0 Å². The first kappa shape index (κ1) is 33.4. The zero-order valence-corrected chi connectivity index (χ0v) is 26.1. The minimum absolute atomic E-state index is 0.135. The third-order valence-corrected chi connectivity index (χ3v) is 7.59. The van der Waals surface area contributed by atoms with Gasteiger partial charge in [-0.05, 0) is 54.4 Å². The maximum atomic E-state index is 13.7. The number of rotatable bonds is 15. The van der Waals surface area contributed by atoms with Crippen LogP contribution in [0, 0.1) is 5.41 Å². The molecule has 0 aromatic heterocycles. The van der Waals surface area contributed by atoms with Gasteiger partial charge < -0.3 is 19.1 Å². The van der Waals surface area contributed by atoms with E-state index in [1.54, 1.807) is 18.9 Å². The molecule has 0 saturated carbocycles. The summed E-state index contributed by atoms with van der Waals surface area (Å²) in [5.41, 5.74) is 2.28. The van der Waals surface area contributed by atoms with Gasteiger partial charge in [-0.1, -0.05) is 105 Å². The summed E-state index contributed by atoms with van der Waals surface area (Å²) < 4.78 is 16.5. The van der Waals surface area contributed by atoms with E-state index < -0.39 is 5.41 Å². The Hall–Kier alpha value is -4.13. The van der Waals surface area contributed by atoms with Crippen LogP contribution in [0.25, 0.3) is 0 Å². The average Bonchev–Trinajstić information content (AvgIpc) is 2.99. The summed E-state index contributed by atoms with van der Waals surface area (Å²) in [4.78, 5) is 40.1. The summed E-state index contributed by atoms with van der Waals surface area (Å²) in [5.74, 6) is -0.620. The lowest BCUT2D eigenvalue weighted by molar-refractivity contribution is -0.152. The molecular weight excluding hydrogens is 542 g/mol. The molecular formula is C36H45NO6. The van der Waals surface area contributed by atoms with Gasteiger partial charge in [0.2, 0.25) is 0 Å². The van der Waals surface area contributed by atoms with Crippen LogP contribution >= 0.6 is 0 Å². The summed E-state index contributed by atoms with van der Waals surface area (Å²) in [5, 5.41) is 0. The topological polar surface area (TPSA) is 82.1 Å². The van der Waals surface area contributed by atoms with Crippen LogP contribution in [0.15, 0.2) is 84.9 Å². The minimum Gasteiger partial charge on any atom is -0.466 e. The van der Waals surface area contributed by atoms with Crippen molar-refractivity contribution in [1.29, 1.82) is 0 Å². The number of carbonyl (C=O) groups excluding carboxylic acids is 3. The number of amides is 1. The maximum absolute atomic E-state index is 13.7. The Morgan fingerprint density at radius 2 is 1.30 bits per heavy atom. The normalized spacial score (nSPS) is 12.6. The second-order valence-corrected chi connectivity index (χ2v) is 12.0. The van der Waals surface area contributed by atoms with Gasteiger partial charge in [-0.25, -0.2) is 4.79 Å². The third kappa shape index (κ3) is 10.6. The molecule has 7 heteroatoms. The predicted octanol–water partition coefficient (Wildman–Crippen LogP) is 7.26. The standard InChI is InChI=1S/C36H45NO6/c1-6-41-32(38)24-30-19-13-20-31(23-30)36(4,33(39)42-25-28-15-9-7-10-16-28)22-14-21-35(2,3)27-37(5)34(40)43-26-29-17-11-8-12-18-29/h7-13,15-20,23H,6,14,21-22,24-27H2,1-5H3. The van der Waals surface area contributed by atoms with Crippen LogP contribution in [0.1, 0.15) is 69.2 Å². The average molecular weight is 588 g/mol. The summed E-state index contributed by atoms with van der Waals surface area (Å²) in [6, 6.07) is 26.8. The minimum atomic E-state index is -0.934. The fourth-order valence-corrected chi connectivity index (χ4v) is 5.19. The van der Waals surface area contributed by atoms with Crippen molar-refractivity contribution in [2.45, 2.75) is 72.0 Å². The van der Waals surface area contributed by atoms with Gasteiger partial charge in [0.05, 0.1) is 18.4 Å². The van der Waals surface area contributed by atoms with E-state index in [1.165, 1.54) is 0 Å². The molecule has 230 valence electrons. The molecule has 43 heavy (non-hydrogen) atoms. The van der Waals surface area contributed by atoms with E-state index in [0.717, 1.165) is 35.1 Å². The van der Waals surface area contributed by atoms with Crippen molar-refractivity contribution < 1.29 is 28.6 Å². The number of nitrogens with zero attached hydrogens (tertiary/aromatic N) is 1. The molecule has 0 aliphatic heterocycles. The summed E-state index contributed by atoms with van der Waals surface area (Å²) in [6.07, 6.45) is 1.79. The SMILES string of the molecule is CCOC(=O)Cc1cccc(C(C)(CCCC(C)(C)CN(C)C(=O)OCc2ccccc2)C(=O)OCc2ccccc2)c1. The zero-order chi connectivity index (χ0) is 31.3. The van der Waals surface area contributed by atoms with Crippen LogP contribution in [0.3, 0.4) is 0 Å². The number of carbonyl (C=O) groups is 3. The van der Waals surface area contributed by atoms with Gasteiger partial charge in [0.15, 0.2) is 0 Å². The third-order valence-electron chi connectivity index (χ3n) is 7.59. The van der Waals surface area contributed by atoms with Crippen molar-refractivity contribution in [2.75, 3.05) is 20.2 Å². The second-order valence-electron chi connectivity index (χ2n) is 12.0. The monoisotopic (exact) mass is 587 g/mol. The van der Waals surface area contributed by atoms with Crippen LogP contribution in [-0.4, -0.2) is 43.1 Å². The Morgan fingerprint density at radius 3 is 1.91 bits per heavy atom. The van der Waals surface area contributed by atoms with E-state index in [2.05, 4.69) is 13.8 Å². The Balaban J connectivity index is 1.67. The van der Waals surface area contributed by atoms with Crippen molar-refractivity contribution in [1.82, 2.24) is 4.90 Å². The van der Waals surface area contributed by atoms with Gasteiger partial charge in [0.1, 0.15) is 13.2 Å². The highest BCUT2D eigenvalue weighted by molar-refractivity contribution is 5.83. The highest BCUT2D eigenvalue weighted by Gasteiger charge is 2.37. The lowest BCUT2D eigenvalue weighted by Gasteiger charge is -2.33. The molecule has 0 saturated heterocycles. The first-order valence-electron chi connectivity index (χ1n) is 14.9. The molecule has 0 spiro atoms. The van der Waals surface area contributed by atoms with E-state index in [9.17, 15) is 14.4 Å². The molecule has 0 aliphatic rings. The molecule has 3 rings (SSSR count). The van der Waals surface area contributed by atoms with Crippen LogP contribution in [0.4, 0.5) is 4.79 Å². The largest absolute Gasteiger partial charge is 0.466 e. The number of ether oxygens (including phenoxy) is 3. The summed E-state index contributed by atoms with van der Waals surface area (Å²) in [7, 11) is 1.75. The molecule has 0 radical (unpaired) electrons. The zero-order valence-electron chi connectivity index (χ0n) is 26.1. The molecule has 1 unspecified atom stereocenters. The highest BCUT2D eigenvalue weighted by atomic mass is 16.6. The number of esters is 2. The number of benzene rings is 3. The molecule has 3 aromatic carbocycles. The van der Waals surface area contributed by atoms with E-state index in [-0.39, 0.29) is 43.1 Å². The molecule has 7 nitrogen and oxygen atoms in total. The van der Waals surface area contributed by atoms with Crippen molar-refractivity contribution in [2.24, 2.45) is 5.41 Å². The molecule has 0 bridgehead atoms. The lowest BCUT2D eigenvalue weighted by Crippen LogP contribution is -2.37. The Bertz CT molecular complexity index is 1320. The highest BCUT2D eigenvalue weighted by Crippen LogP contribution is 2.35. The predicted molar refractivity (Wildman–Crippen MR) is 167 cm³/mol. The van der Waals surface area contributed by atoms with Crippen molar-refractivity contribution in [3.63, 3.8) is 0 Å². The Labute approximate surface area is 256 Å². The molecule has 1 atom stereocenters. The van der Waals surface area contributed by atoms with Gasteiger partial charge in [-0.3, -0.25) is 9.59 Å². The van der Waals surface area contributed by atoms with Crippen LogP contribution in [-0.2, 0) is 48.8 Å². The molecule has 0 aliphatic carbocycles.